The third kappa shape index (κ3) is 2.64. The molecule has 0 bridgehead atoms. The van der Waals surface area contributed by atoms with Crippen LogP contribution in [0.2, 0.25) is 0 Å². The van der Waals surface area contributed by atoms with Crippen LogP contribution >= 0.6 is 22.6 Å². The van der Waals surface area contributed by atoms with Crippen molar-refractivity contribution in [3.05, 3.63) is 33.1 Å². The number of nitrogens with one attached hydrogen (secondary N) is 1. The van der Waals surface area contributed by atoms with Gasteiger partial charge in [0, 0.05) is 16.2 Å². The average Bonchev–Trinajstić information content (AvgIpc) is 2.90. The van der Waals surface area contributed by atoms with Crippen LogP contribution in [0, 0.1) is 9.39 Å². The van der Waals surface area contributed by atoms with Crippen LogP contribution in [0.1, 0.15) is 18.4 Å². The van der Waals surface area contributed by atoms with Crippen molar-refractivity contribution in [3.63, 3.8) is 0 Å². The van der Waals surface area contributed by atoms with Crippen LogP contribution in [0.5, 0.6) is 0 Å². The molecule has 1 fully saturated rings. The van der Waals surface area contributed by atoms with E-state index in [2.05, 4.69) is 27.9 Å². The Hall–Kier alpha value is -0.160. The molecule has 1 aromatic rings. The van der Waals surface area contributed by atoms with Crippen LogP contribution in [-0.4, -0.2) is 6.04 Å². The van der Waals surface area contributed by atoms with E-state index in [4.69, 9.17) is 0 Å². The van der Waals surface area contributed by atoms with Crippen LogP contribution in [0.25, 0.3) is 0 Å². The van der Waals surface area contributed by atoms with E-state index < -0.39 is 0 Å². The summed E-state index contributed by atoms with van der Waals surface area (Å²) in [6.07, 6.45) is 2.54. The van der Waals surface area contributed by atoms with E-state index in [-0.39, 0.29) is 5.82 Å². The minimum Gasteiger partial charge on any atom is -0.310 e. The van der Waals surface area contributed by atoms with Gasteiger partial charge >= 0.3 is 0 Å². The van der Waals surface area contributed by atoms with Crippen LogP contribution in [0.3, 0.4) is 0 Å². The van der Waals surface area contributed by atoms with Crippen molar-refractivity contribution < 1.29 is 4.39 Å². The monoisotopic (exact) mass is 291 g/mol. The molecule has 0 unspecified atom stereocenters. The molecule has 1 aromatic carbocycles. The van der Waals surface area contributed by atoms with E-state index in [1.165, 1.54) is 18.9 Å². The number of rotatable bonds is 3. The van der Waals surface area contributed by atoms with Crippen molar-refractivity contribution in [2.45, 2.75) is 25.4 Å². The highest BCUT2D eigenvalue weighted by molar-refractivity contribution is 14.1. The first kappa shape index (κ1) is 9.40. The summed E-state index contributed by atoms with van der Waals surface area (Å²) in [7, 11) is 0. The maximum Gasteiger partial charge on any atom is 0.123 e. The fourth-order valence-electron chi connectivity index (χ4n) is 1.22. The molecule has 3 heteroatoms. The Morgan fingerprint density at radius 1 is 1.46 bits per heavy atom. The maximum atomic E-state index is 12.9. The minimum atomic E-state index is -0.145. The van der Waals surface area contributed by atoms with Gasteiger partial charge in [-0.2, -0.15) is 0 Å². The van der Waals surface area contributed by atoms with E-state index >= 15 is 0 Å². The van der Waals surface area contributed by atoms with Gasteiger partial charge in [-0.05, 0) is 59.2 Å². The highest BCUT2D eigenvalue weighted by Crippen LogP contribution is 2.20. The molecule has 1 nitrogen and oxygen atoms in total. The lowest BCUT2D eigenvalue weighted by Crippen LogP contribution is -2.16. The van der Waals surface area contributed by atoms with Gasteiger partial charge in [0.2, 0.25) is 0 Å². The lowest BCUT2D eigenvalue weighted by molar-refractivity contribution is 0.618. The van der Waals surface area contributed by atoms with Crippen LogP contribution < -0.4 is 5.32 Å². The molecule has 1 aliphatic carbocycles. The number of hydrogen-bond donors (Lipinski definition) is 1. The Bertz CT molecular complexity index is 310. The SMILES string of the molecule is Fc1ccc(I)c(CNC2CC2)c1. The number of benzene rings is 1. The predicted octanol–water partition coefficient (Wildman–Crippen LogP) is 2.68. The Morgan fingerprint density at radius 3 is 2.92 bits per heavy atom. The summed E-state index contributed by atoms with van der Waals surface area (Å²) < 4.78 is 14.0. The highest BCUT2D eigenvalue weighted by Gasteiger charge is 2.20. The van der Waals surface area contributed by atoms with Crippen LogP contribution in [0.15, 0.2) is 18.2 Å². The second kappa shape index (κ2) is 3.92. The maximum absolute atomic E-state index is 12.9. The fourth-order valence-corrected chi connectivity index (χ4v) is 1.75. The molecule has 0 spiro atoms. The molecular weight excluding hydrogens is 280 g/mol. The molecular formula is C10H11FIN. The predicted molar refractivity (Wildman–Crippen MR) is 59.0 cm³/mol. The Kier molecular flexibility index (Phi) is 2.83. The fraction of sp³-hybridized carbons (Fsp3) is 0.400. The zero-order valence-electron chi connectivity index (χ0n) is 7.19. The molecule has 0 atom stereocenters. The molecule has 0 heterocycles. The highest BCUT2D eigenvalue weighted by atomic mass is 127. The van der Waals surface area contributed by atoms with Gasteiger partial charge in [0.25, 0.3) is 0 Å². The number of halogens is 2. The van der Waals surface area contributed by atoms with Crippen molar-refractivity contribution in [2.75, 3.05) is 0 Å². The van der Waals surface area contributed by atoms with E-state index in [0.717, 1.165) is 15.7 Å². The quantitative estimate of drug-likeness (QED) is 0.844. The molecule has 70 valence electrons. The van der Waals surface area contributed by atoms with E-state index in [1.54, 1.807) is 6.07 Å². The first-order valence-electron chi connectivity index (χ1n) is 4.43. The first-order chi connectivity index (χ1) is 6.25. The molecule has 0 aliphatic heterocycles. The molecule has 0 aromatic heterocycles. The summed E-state index contributed by atoms with van der Waals surface area (Å²) in [4.78, 5) is 0. The summed E-state index contributed by atoms with van der Waals surface area (Å²) in [6, 6.07) is 5.61. The summed E-state index contributed by atoms with van der Waals surface area (Å²) >= 11 is 2.24. The third-order valence-electron chi connectivity index (χ3n) is 2.17. The van der Waals surface area contributed by atoms with Crippen LogP contribution in [0.4, 0.5) is 4.39 Å². The first-order valence-corrected chi connectivity index (χ1v) is 5.51. The van der Waals surface area contributed by atoms with Gasteiger partial charge in [0.15, 0.2) is 0 Å². The Balaban J connectivity index is 2.03. The summed E-state index contributed by atoms with van der Waals surface area (Å²) in [6.45, 7) is 0.792. The molecule has 0 amide bonds. The molecule has 0 saturated heterocycles. The topological polar surface area (TPSA) is 12.0 Å². The average molecular weight is 291 g/mol. The Morgan fingerprint density at radius 2 is 2.23 bits per heavy atom. The standard InChI is InChI=1S/C10H11FIN/c11-8-1-4-10(12)7(5-8)6-13-9-2-3-9/h1,4-5,9,13H,2-3,6H2. The van der Waals surface area contributed by atoms with Gasteiger partial charge in [0.05, 0.1) is 0 Å². The van der Waals surface area contributed by atoms with Gasteiger partial charge < -0.3 is 5.32 Å². The van der Waals surface area contributed by atoms with Crippen molar-refractivity contribution in [3.8, 4) is 0 Å². The van der Waals surface area contributed by atoms with Gasteiger partial charge in [-0.15, -0.1) is 0 Å². The molecule has 2 rings (SSSR count). The van der Waals surface area contributed by atoms with Crippen molar-refractivity contribution in [1.82, 2.24) is 5.32 Å². The molecule has 1 saturated carbocycles. The summed E-state index contributed by atoms with van der Waals surface area (Å²) in [5.74, 6) is -0.145. The summed E-state index contributed by atoms with van der Waals surface area (Å²) in [5, 5.41) is 3.37. The van der Waals surface area contributed by atoms with Gasteiger partial charge in [0.1, 0.15) is 5.82 Å². The lowest BCUT2D eigenvalue weighted by atomic mass is 10.2. The number of hydrogen-bond acceptors (Lipinski definition) is 1. The largest absolute Gasteiger partial charge is 0.310 e. The minimum absolute atomic E-state index is 0.145. The van der Waals surface area contributed by atoms with Crippen molar-refractivity contribution >= 4 is 22.6 Å². The molecule has 13 heavy (non-hydrogen) atoms. The molecule has 0 radical (unpaired) electrons. The zero-order valence-corrected chi connectivity index (χ0v) is 9.34. The molecule has 1 N–H and O–H groups in total. The van der Waals surface area contributed by atoms with E-state index in [9.17, 15) is 4.39 Å². The van der Waals surface area contributed by atoms with E-state index in [1.807, 2.05) is 6.07 Å². The van der Waals surface area contributed by atoms with Crippen molar-refractivity contribution in [2.24, 2.45) is 0 Å². The van der Waals surface area contributed by atoms with Gasteiger partial charge in [-0.1, -0.05) is 0 Å². The van der Waals surface area contributed by atoms with Crippen LogP contribution in [-0.2, 0) is 6.54 Å². The smallest absolute Gasteiger partial charge is 0.123 e. The summed E-state index contributed by atoms with van der Waals surface area (Å²) in [5.41, 5.74) is 1.06. The van der Waals surface area contributed by atoms with E-state index in [0.29, 0.717) is 6.04 Å². The normalized spacial score (nSPS) is 16.2. The lowest BCUT2D eigenvalue weighted by Gasteiger charge is -2.05. The molecule has 1 aliphatic rings. The zero-order chi connectivity index (χ0) is 9.26. The van der Waals surface area contributed by atoms with Gasteiger partial charge in [-0.25, -0.2) is 4.39 Å². The third-order valence-corrected chi connectivity index (χ3v) is 3.22. The Labute approximate surface area is 90.9 Å². The van der Waals surface area contributed by atoms with Gasteiger partial charge in [-0.3, -0.25) is 0 Å². The second-order valence-electron chi connectivity index (χ2n) is 3.39. The second-order valence-corrected chi connectivity index (χ2v) is 4.55. The van der Waals surface area contributed by atoms with Crippen molar-refractivity contribution in [1.29, 1.82) is 0 Å².